The highest BCUT2D eigenvalue weighted by Gasteiger charge is 2.11. The molecule has 0 atom stereocenters. The minimum absolute atomic E-state index is 1.29. The summed E-state index contributed by atoms with van der Waals surface area (Å²) < 4.78 is 0. The predicted octanol–water partition coefficient (Wildman–Crippen LogP) is 28.4. The molecule has 0 aromatic heterocycles. The van der Waals surface area contributed by atoms with E-state index in [0.29, 0.717) is 0 Å². The van der Waals surface area contributed by atoms with Crippen molar-refractivity contribution in [3.8, 4) is 0 Å². The molecule has 0 nitrogen and oxygen atoms in total. The van der Waals surface area contributed by atoms with Gasteiger partial charge in [-0.05, 0) is 48.7 Å². The number of benzene rings is 1. The van der Waals surface area contributed by atoms with Crippen molar-refractivity contribution in [1.29, 1.82) is 0 Å². The maximum Gasteiger partial charge on any atom is 0.0344 e. The highest BCUT2D eigenvalue weighted by molar-refractivity contribution is 8.03. The molecule has 0 bridgehead atoms. The van der Waals surface area contributed by atoms with Gasteiger partial charge in [-0.15, -0.1) is 35.3 Å². The molecule has 0 fully saturated rings. The maximum absolute atomic E-state index is 2.46. The van der Waals surface area contributed by atoms with E-state index >= 15 is 0 Å². The Morgan fingerprint density at radius 2 is 0.333 bits per heavy atom. The molecule has 0 saturated heterocycles. The molecular weight excluding hydrogens is 961 g/mol. The molecule has 75 heavy (non-hydrogen) atoms. The van der Waals surface area contributed by atoms with E-state index in [1.165, 1.54) is 403 Å². The van der Waals surface area contributed by atoms with E-state index in [9.17, 15) is 0 Å². The fraction of sp³-hybridized carbons (Fsp3) is 0.917. The van der Waals surface area contributed by atoms with Crippen LogP contribution in [-0.4, -0.2) is 17.3 Å². The Balaban J connectivity index is 2.25. The van der Waals surface area contributed by atoms with Crippen molar-refractivity contribution in [2.45, 2.75) is 421 Å². The monoisotopic (exact) mass is 1100 g/mol. The smallest absolute Gasteiger partial charge is 0.0344 e. The van der Waals surface area contributed by atoms with Gasteiger partial charge in [-0.3, -0.25) is 0 Å². The third-order valence-electron chi connectivity index (χ3n) is 16.7. The second-order valence-electron chi connectivity index (χ2n) is 24.3. The number of unbranched alkanes of at least 4 members (excludes halogenated alkanes) is 57. The van der Waals surface area contributed by atoms with Crippen molar-refractivity contribution in [1.82, 2.24) is 0 Å². The van der Waals surface area contributed by atoms with Crippen LogP contribution in [-0.2, 0) is 0 Å². The van der Waals surface area contributed by atoms with Crippen LogP contribution in [0.2, 0.25) is 0 Å². The van der Waals surface area contributed by atoms with Crippen LogP contribution in [0.5, 0.6) is 0 Å². The van der Waals surface area contributed by atoms with Crippen molar-refractivity contribution in [3.63, 3.8) is 0 Å². The first-order chi connectivity index (χ1) is 37.3. The van der Waals surface area contributed by atoms with Gasteiger partial charge in [0.2, 0.25) is 0 Å². The van der Waals surface area contributed by atoms with Crippen molar-refractivity contribution >= 4 is 35.3 Å². The molecule has 0 spiro atoms. The second-order valence-corrected chi connectivity index (χ2v) is 27.7. The van der Waals surface area contributed by atoms with Crippen LogP contribution in [0.25, 0.3) is 0 Å². The topological polar surface area (TPSA) is 0 Å². The summed E-state index contributed by atoms with van der Waals surface area (Å²) in [6, 6.07) is 7.30. The largest absolute Gasteiger partial charge is 0.125 e. The van der Waals surface area contributed by atoms with Gasteiger partial charge in [0.1, 0.15) is 0 Å². The Bertz CT molecular complexity index is 1120. The Hall–Kier alpha value is 0.270. The molecule has 0 saturated carbocycles. The summed E-state index contributed by atoms with van der Waals surface area (Å²) in [6.07, 6.45) is 87.5. The summed E-state index contributed by atoms with van der Waals surface area (Å²) in [5.74, 6) is 3.88. The Morgan fingerprint density at radius 3 is 0.507 bits per heavy atom. The minimum Gasteiger partial charge on any atom is -0.125 e. The fourth-order valence-corrected chi connectivity index (χ4v) is 15.2. The summed E-state index contributed by atoms with van der Waals surface area (Å²) >= 11 is 6.56. The van der Waals surface area contributed by atoms with Crippen LogP contribution in [0.3, 0.4) is 0 Å². The summed E-state index contributed by atoms with van der Waals surface area (Å²) in [4.78, 5) is 4.80. The number of hydrogen-bond donors (Lipinski definition) is 0. The summed E-state index contributed by atoms with van der Waals surface area (Å²) in [7, 11) is 0. The lowest BCUT2D eigenvalue weighted by Crippen LogP contribution is -1.91. The van der Waals surface area contributed by atoms with E-state index in [1.807, 2.05) is 0 Å². The zero-order valence-corrected chi connectivity index (χ0v) is 54.5. The van der Waals surface area contributed by atoms with E-state index in [-0.39, 0.29) is 0 Å². The first kappa shape index (κ1) is 73.3. The summed E-state index contributed by atoms with van der Waals surface area (Å²) in [5, 5.41) is 0. The third-order valence-corrected chi connectivity index (χ3v) is 20.5. The lowest BCUT2D eigenvalue weighted by molar-refractivity contribution is 0.523. The minimum atomic E-state index is 1.29. The molecule has 3 heteroatoms. The molecule has 0 N–H and O–H groups in total. The normalized spacial score (nSPS) is 11.7. The van der Waals surface area contributed by atoms with Crippen molar-refractivity contribution < 1.29 is 0 Å². The van der Waals surface area contributed by atoms with Crippen LogP contribution in [0.1, 0.15) is 406 Å². The molecule has 1 aromatic rings. The average molecular weight is 1100 g/mol. The molecular formula is C72H138S3. The van der Waals surface area contributed by atoms with Gasteiger partial charge in [-0.1, -0.05) is 393 Å². The van der Waals surface area contributed by atoms with Gasteiger partial charge in [0, 0.05) is 14.7 Å². The molecule has 0 radical (unpaired) electrons. The van der Waals surface area contributed by atoms with Gasteiger partial charge in [0.25, 0.3) is 0 Å². The maximum atomic E-state index is 2.46. The van der Waals surface area contributed by atoms with Crippen molar-refractivity contribution in [2.24, 2.45) is 0 Å². The quantitative estimate of drug-likeness (QED) is 0.0471. The number of rotatable bonds is 66. The molecule has 0 amide bonds. The molecule has 1 rings (SSSR count). The van der Waals surface area contributed by atoms with Crippen LogP contribution in [0.15, 0.2) is 32.9 Å². The van der Waals surface area contributed by atoms with Crippen molar-refractivity contribution in [2.75, 3.05) is 17.3 Å². The Labute approximate surface area is 488 Å². The van der Waals surface area contributed by atoms with Crippen LogP contribution in [0, 0.1) is 0 Å². The zero-order chi connectivity index (χ0) is 53.5. The van der Waals surface area contributed by atoms with Gasteiger partial charge in [0.05, 0.1) is 0 Å². The zero-order valence-electron chi connectivity index (χ0n) is 52.0. The molecule has 0 aliphatic heterocycles. The van der Waals surface area contributed by atoms with E-state index in [2.05, 4.69) is 74.3 Å². The molecule has 444 valence electrons. The Morgan fingerprint density at radius 1 is 0.187 bits per heavy atom. The van der Waals surface area contributed by atoms with E-state index in [1.54, 1.807) is 14.7 Å². The van der Waals surface area contributed by atoms with E-state index in [0.717, 1.165) is 0 Å². The number of hydrogen-bond acceptors (Lipinski definition) is 3. The lowest BCUT2D eigenvalue weighted by atomic mass is 10.0. The van der Waals surface area contributed by atoms with E-state index in [4.69, 9.17) is 0 Å². The standard InChI is InChI=1S/C72H138S3/c1-4-7-10-13-16-19-22-25-28-31-34-37-40-43-46-49-52-55-58-61-67-73-70-65-64-66-71(74-68-62-59-56-53-50-47-44-41-38-35-32-29-26-23-20-17-14-11-8-5-2)72(70)75-69-63-60-57-54-51-48-45-42-39-36-33-30-27-24-21-18-15-12-9-6-3/h64-66H,4-63,67-69H2,1-3H3. The molecule has 0 unspecified atom stereocenters. The second kappa shape index (κ2) is 65.1. The van der Waals surface area contributed by atoms with Gasteiger partial charge < -0.3 is 0 Å². The highest BCUT2D eigenvalue weighted by atomic mass is 32.2. The number of thioether (sulfide) groups is 3. The first-order valence-corrected chi connectivity index (χ1v) is 38.3. The third kappa shape index (κ3) is 55.9. The first-order valence-electron chi connectivity index (χ1n) is 35.3. The molecule has 0 aliphatic rings. The molecule has 0 heterocycles. The lowest BCUT2D eigenvalue weighted by Gasteiger charge is -2.14. The fourth-order valence-electron chi connectivity index (χ4n) is 11.5. The van der Waals surface area contributed by atoms with E-state index < -0.39 is 0 Å². The summed E-state index contributed by atoms with van der Waals surface area (Å²) in [6.45, 7) is 6.96. The summed E-state index contributed by atoms with van der Waals surface area (Å²) in [5.41, 5.74) is 0. The van der Waals surface area contributed by atoms with Crippen LogP contribution in [0.4, 0.5) is 0 Å². The van der Waals surface area contributed by atoms with Gasteiger partial charge in [-0.2, -0.15) is 0 Å². The van der Waals surface area contributed by atoms with Crippen molar-refractivity contribution in [3.05, 3.63) is 18.2 Å². The predicted molar refractivity (Wildman–Crippen MR) is 353 cm³/mol. The highest BCUT2D eigenvalue weighted by Crippen LogP contribution is 2.40. The van der Waals surface area contributed by atoms with Gasteiger partial charge in [0.15, 0.2) is 0 Å². The van der Waals surface area contributed by atoms with Gasteiger partial charge >= 0.3 is 0 Å². The van der Waals surface area contributed by atoms with Crippen LogP contribution >= 0.6 is 35.3 Å². The molecule has 0 aliphatic carbocycles. The molecule has 1 aromatic carbocycles. The SMILES string of the molecule is CCCCCCCCCCCCCCCCCCCCCCSc1cccc(SCCCCCCCCCCCCCCCCCCCCCC)c1SCCCCCCCCCCCCCCCCCCCCCC. The van der Waals surface area contributed by atoms with Gasteiger partial charge in [-0.25, -0.2) is 0 Å². The average Bonchev–Trinajstić information content (AvgIpc) is 3.42. The van der Waals surface area contributed by atoms with Crippen LogP contribution < -0.4 is 0 Å². The Kier molecular flexibility index (Phi) is 63.6.